The smallest absolute Gasteiger partial charge is 0.258 e. The Bertz CT molecular complexity index is 1420. The van der Waals surface area contributed by atoms with Crippen molar-refractivity contribution in [3.8, 4) is 11.3 Å². The van der Waals surface area contributed by atoms with Crippen molar-refractivity contribution >= 4 is 23.1 Å². The minimum atomic E-state index is -2.50. The third-order valence-corrected chi connectivity index (χ3v) is 4.77. The highest BCUT2D eigenvalue weighted by Gasteiger charge is 2.20. The largest absolute Gasteiger partial charge is 0.382 e. The molecule has 0 spiro atoms. The number of imidazole rings is 1. The lowest BCUT2D eigenvalue weighted by molar-refractivity contribution is -0.124. The fraction of sp³-hybridized carbons (Fsp3) is 0.182. The lowest BCUT2D eigenvalue weighted by Gasteiger charge is -2.12. The van der Waals surface area contributed by atoms with Crippen molar-refractivity contribution < 1.29 is 18.4 Å². The lowest BCUT2D eigenvalue weighted by Crippen LogP contribution is -2.21. The third kappa shape index (κ3) is 3.82. The van der Waals surface area contributed by atoms with Crippen molar-refractivity contribution in [3.63, 3.8) is 0 Å². The zero-order chi connectivity index (χ0) is 24.8. The molecule has 9 heteroatoms. The molecule has 0 radical (unpaired) electrons. The van der Waals surface area contributed by atoms with E-state index in [1.54, 1.807) is 26.1 Å². The Labute approximate surface area is 181 Å². The number of hydrogen-bond donors (Lipinski definition) is 3. The van der Waals surface area contributed by atoms with Gasteiger partial charge in [0, 0.05) is 21.6 Å². The molecule has 0 saturated carbocycles. The molecular formula is C22H21FN6O2. The van der Waals surface area contributed by atoms with Crippen LogP contribution in [0.5, 0.6) is 0 Å². The zero-order valence-corrected chi connectivity index (χ0v) is 16.7. The van der Waals surface area contributed by atoms with E-state index >= 15 is 0 Å². The number of aromatic nitrogens is 4. The van der Waals surface area contributed by atoms with Crippen molar-refractivity contribution in [1.29, 1.82) is 0 Å². The Hall–Kier alpha value is -3.85. The van der Waals surface area contributed by atoms with E-state index in [1.165, 1.54) is 28.7 Å². The maximum atomic E-state index is 13.4. The zero-order valence-electron chi connectivity index (χ0n) is 19.7. The number of nitrogens with zero attached hydrogens (tertiary/aromatic N) is 4. The molecule has 1 amide bonds. The lowest BCUT2D eigenvalue weighted by atomic mass is 10.1. The number of nitrogens with one attached hydrogen (secondary N) is 1. The van der Waals surface area contributed by atoms with Gasteiger partial charge in [-0.15, -0.1) is 0 Å². The molecule has 0 fully saturated rings. The van der Waals surface area contributed by atoms with E-state index in [0.717, 1.165) is 6.07 Å². The van der Waals surface area contributed by atoms with Gasteiger partial charge in [0.05, 0.1) is 5.69 Å². The first-order valence-corrected chi connectivity index (χ1v) is 9.34. The third-order valence-electron chi connectivity index (χ3n) is 4.77. The predicted octanol–water partition coefficient (Wildman–Crippen LogP) is 3.11. The molecule has 3 heterocycles. The summed E-state index contributed by atoms with van der Waals surface area (Å²) in [4.78, 5) is 25.3. The molecule has 0 saturated heterocycles. The molecular weight excluding hydrogens is 399 g/mol. The number of hydrogen-bond acceptors (Lipinski definition) is 6. The topological polar surface area (TPSA) is 118 Å². The van der Waals surface area contributed by atoms with Gasteiger partial charge in [0.15, 0.2) is 6.10 Å². The number of anilines is 2. The van der Waals surface area contributed by atoms with E-state index in [4.69, 9.17) is 9.85 Å². The second-order valence-corrected chi connectivity index (χ2v) is 7.05. The molecule has 0 aliphatic rings. The Balaban J connectivity index is 1.70. The quantitative estimate of drug-likeness (QED) is 0.464. The van der Waals surface area contributed by atoms with Gasteiger partial charge in [-0.3, -0.25) is 9.20 Å². The van der Waals surface area contributed by atoms with Gasteiger partial charge in [0.1, 0.15) is 34.5 Å². The fourth-order valence-corrected chi connectivity index (χ4v) is 3.35. The number of rotatable bonds is 4. The molecule has 8 nitrogen and oxygen atoms in total. The number of benzene rings is 1. The molecule has 4 aromatic rings. The van der Waals surface area contributed by atoms with Gasteiger partial charge < -0.3 is 16.2 Å². The number of amides is 1. The Kier molecular flexibility index (Phi) is 4.23. The van der Waals surface area contributed by atoms with E-state index in [2.05, 4.69) is 20.3 Å². The van der Waals surface area contributed by atoms with Gasteiger partial charge in [-0.2, -0.15) is 0 Å². The number of carbonyl (C=O) groups excluding carboxylic acids is 1. The number of nitrogen functional groups attached to an aromatic ring is 1. The summed E-state index contributed by atoms with van der Waals surface area (Å²) < 4.78 is 38.3. The summed E-state index contributed by atoms with van der Waals surface area (Å²) >= 11 is 0. The summed E-state index contributed by atoms with van der Waals surface area (Å²) in [6.45, 7) is 0.858. The highest BCUT2D eigenvalue weighted by molar-refractivity contribution is 5.94. The fourth-order valence-electron chi connectivity index (χ4n) is 3.35. The highest BCUT2D eigenvalue weighted by atomic mass is 19.1. The van der Waals surface area contributed by atoms with Gasteiger partial charge >= 0.3 is 0 Å². The highest BCUT2D eigenvalue weighted by Crippen LogP contribution is 2.30. The van der Waals surface area contributed by atoms with E-state index in [-0.39, 0.29) is 23.0 Å². The van der Waals surface area contributed by atoms with Crippen LogP contribution in [0.25, 0.3) is 16.8 Å². The van der Waals surface area contributed by atoms with Crippen molar-refractivity contribution in [2.24, 2.45) is 0 Å². The van der Waals surface area contributed by atoms with Crippen LogP contribution in [0.3, 0.4) is 0 Å². The monoisotopic (exact) mass is 423 g/mol. The van der Waals surface area contributed by atoms with Gasteiger partial charge in [0.2, 0.25) is 0 Å². The van der Waals surface area contributed by atoms with Gasteiger partial charge in [-0.25, -0.2) is 19.3 Å². The second kappa shape index (κ2) is 7.77. The van der Waals surface area contributed by atoms with Crippen LogP contribution in [-0.2, 0) is 4.79 Å². The second-order valence-electron chi connectivity index (χ2n) is 7.05. The number of aliphatic hydroxyl groups excluding tert-OH is 1. The Morgan fingerprint density at radius 1 is 1.26 bits per heavy atom. The molecule has 1 aromatic carbocycles. The maximum absolute atomic E-state index is 13.4. The van der Waals surface area contributed by atoms with Crippen molar-refractivity contribution in [2.45, 2.75) is 26.8 Å². The number of nitrogens with two attached hydrogens (primary N) is 1. The van der Waals surface area contributed by atoms with Crippen LogP contribution >= 0.6 is 0 Å². The van der Waals surface area contributed by atoms with Crippen molar-refractivity contribution in [3.05, 3.63) is 71.2 Å². The first-order chi connectivity index (χ1) is 16.0. The summed E-state index contributed by atoms with van der Waals surface area (Å²) in [7, 11) is 0. The van der Waals surface area contributed by atoms with Gasteiger partial charge in [-0.1, -0.05) is 12.1 Å². The van der Waals surface area contributed by atoms with Crippen LogP contribution in [0.4, 0.5) is 16.0 Å². The maximum Gasteiger partial charge on any atom is 0.258 e. The molecule has 31 heavy (non-hydrogen) atoms. The van der Waals surface area contributed by atoms with Crippen LogP contribution in [0.15, 0.2) is 42.6 Å². The summed E-state index contributed by atoms with van der Waals surface area (Å²) in [5, 5.41) is 12.7. The number of halogens is 1. The van der Waals surface area contributed by atoms with Gasteiger partial charge in [-0.05, 0) is 50.5 Å². The molecule has 4 rings (SSSR count). The molecule has 1 atom stereocenters. The van der Waals surface area contributed by atoms with E-state index in [9.17, 15) is 14.3 Å². The predicted molar refractivity (Wildman–Crippen MR) is 115 cm³/mol. The molecule has 3 aromatic heterocycles. The number of aryl methyl sites for hydroxylation is 3. The van der Waals surface area contributed by atoms with Crippen LogP contribution in [0.1, 0.15) is 33.0 Å². The first kappa shape index (κ1) is 16.9. The van der Waals surface area contributed by atoms with E-state index < -0.39 is 24.7 Å². The van der Waals surface area contributed by atoms with Crippen LogP contribution in [0, 0.1) is 26.5 Å². The molecule has 4 N–H and O–H groups in total. The normalized spacial score (nSPS) is 14.0. The standard InChI is InChI=1S/C22H21FN6O2/c1-11-10-29-13(3)27-18(19(29)21(24)25-11)16-7-8-17(26-12(16)2)28-22(31)20(30)14-5-4-6-15(23)9-14/h4-10,20,30H,1-3H3,(H2,24,25)(H,26,28,31)/t20-/m0/s1/i3D3. The number of pyridine rings is 1. The molecule has 158 valence electrons. The Morgan fingerprint density at radius 2 is 2.06 bits per heavy atom. The summed E-state index contributed by atoms with van der Waals surface area (Å²) in [5.41, 5.74) is 8.29. The van der Waals surface area contributed by atoms with Crippen LogP contribution in [-0.4, -0.2) is 30.4 Å². The summed E-state index contributed by atoms with van der Waals surface area (Å²) in [5.74, 6) is -1.26. The molecule has 0 bridgehead atoms. The average Bonchev–Trinajstić information content (AvgIpc) is 3.13. The average molecular weight is 423 g/mol. The number of aliphatic hydroxyl groups is 1. The van der Waals surface area contributed by atoms with Crippen molar-refractivity contribution in [1.82, 2.24) is 19.4 Å². The molecule has 0 aliphatic heterocycles. The number of fused-ring (bicyclic) bond motifs is 1. The van der Waals surface area contributed by atoms with E-state index in [0.29, 0.717) is 28.2 Å². The molecule has 0 aliphatic carbocycles. The SMILES string of the molecule is [2H]C([2H])([2H])c1nc(-c2ccc(NC(=O)[C@@H](O)c3cccc(F)c3)nc2C)c2c(N)nc(C)cn12. The van der Waals surface area contributed by atoms with Crippen molar-refractivity contribution in [2.75, 3.05) is 11.1 Å². The first-order valence-electron chi connectivity index (χ1n) is 10.8. The molecule has 0 unspecified atom stereocenters. The summed E-state index contributed by atoms with van der Waals surface area (Å²) in [6.07, 6.45) is -0.0415. The van der Waals surface area contributed by atoms with Crippen LogP contribution in [0.2, 0.25) is 0 Å². The minimum Gasteiger partial charge on any atom is -0.382 e. The minimum absolute atomic E-state index is 0.103. The van der Waals surface area contributed by atoms with E-state index in [1.807, 2.05) is 0 Å². The van der Waals surface area contributed by atoms with Gasteiger partial charge in [0.25, 0.3) is 5.91 Å². The van der Waals surface area contributed by atoms with Crippen LogP contribution < -0.4 is 11.1 Å². The summed E-state index contributed by atoms with van der Waals surface area (Å²) in [6, 6.07) is 8.19. The Morgan fingerprint density at radius 3 is 2.77 bits per heavy atom. The number of carbonyl (C=O) groups is 1.